The number of benzene rings is 3. The zero-order valence-corrected chi connectivity index (χ0v) is 18.5. The highest BCUT2D eigenvalue weighted by atomic mass is 32.2. The van der Waals surface area contributed by atoms with E-state index in [0.717, 1.165) is 46.9 Å². The van der Waals surface area contributed by atoms with Crippen LogP contribution >= 0.6 is 0 Å². The van der Waals surface area contributed by atoms with Gasteiger partial charge in [0.25, 0.3) is 10.0 Å². The summed E-state index contributed by atoms with van der Waals surface area (Å²) in [6, 6.07) is 17.3. The van der Waals surface area contributed by atoms with Crippen molar-refractivity contribution in [2.24, 2.45) is 5.10 Å². The first-order valence-electron chi connectivity index (χ1n) is 10.5. The number of allylic oxidation sites excluding steroid dienone is 1. The summed E-state index contributed by atoms with van der Waals surface area (Å²) in [5.74, 6) is 0. The fraction of sp³-hybridized carbons (Fsp3) is 0.231. The third kappa shape index (κ3) is 4.48. The van der Waals surface area contributed by atoms with Gasteiger partial charge in [0.1, 0.15) is 0 Å². The minimum atomic E-state index is -3.75. The topological polar surface area (TPSA) is 58.5 Å². The molecular weight excluding hydrogens is 404 g/mol. The molecule has 1 N–H and O–H groups in total. The van der Waals surface area contributed by atoms with Gasteiger partial charge in [-0.15, -0.1) is 5.73 Å². The molecule has 3 aromatic carbocycles. The van der Waals surface area contributed by atoms with Crippen molar-refractivity contribution < 1.29 is 8.42 Å². The van der Waals surface area contributed by atoms with Gasteiger partial charge in [-0.25, -0.2) is 0 Å². The van der Waals surface area contributed by atoms with Crippen molar-refractivity contribution in [1.29, 1.82) is 0 Å². The molecule has 5 heteroatoms. The van der Waals surface area contributed by atoms with E-state index < -0.39 is 10.0 Å². The van der Waals surface area contributed by atoms with Gasteiger partial charge < -0.3 is 0 Å². The molecule has 1 aliphatic rings. The molecule has 0 saturated heterocycles. The van der Waals surface area contributed by atoms with E-state index in [9.17, 15) is 8.42 Å². The Labute approximate surface area is 184 Å². The van der Waals surface area contributed by atoms with Crippen molar-refractivity contribution >= 4 is 26.5 Å². The van der Waals surface area contributed by atoms with Gasteiger partial charge in [0, 0.05) is 5.56 Å². The van der Waals surface area contributed by atoms with Gasteiger partial charge in [0.15, 0.2) is 0 Å². The minimum absolute atomic E-state index is 0.204. The molecule has 158 valence electrons. The van der Waals surface area contributed by atoms with Gasteiger partial charge in [-0.1, -0.05) is 54.6 Å². The lowest BCUT2D eigenvalue weighted by atomic mass is 9.91. The van der Waals surface area contributed by atoms with E-state index >= 15 is 0 Å². The van der Waals surface area contributed by atoms with Crippen LogP contribution in [0.4, 0.5) is 0 Å². The molecule has 0 aliphatic heterocycles. The molecule has 31 heavy (non-hydrogen) atoms. The fourth-order valence-electron chi connectivity index (χ4n) is 4.18. The maximum atomic E-state index is 12.9. The molecule has 4 nitrogen and oxygen atoms in total. The van der Waals surface area contributed by atoms with Crippen LogP contribution in [0.5, 0.6) is 0 Å². The van der Waals surface area contributed by atoms with Crippen LogP contribution in [-0.4, -0.2) is 14.1 Å². The molecule has 4 rings (SSSR count). The average molecular weight is 431 g/mol. The van der Waals surface area contributed by atoms with E-state index in [1.54, 1.807) is 24.3 Å². The van der Waals surface area contributed by atoms with Gasteiger partial charge in [0.2, 0.25) is 0 Å². The summed E-state index contributed by atoms with van der Waals surface area (Å²) >= 11 is 0. The molecular formula is C26H26N2O2S. The Hall–Kier alpha value is -3.14. The van der Waals surface area contributed by atoms with E-state index in [1.807, 2.05) is 25.1 Å². The third-order valence-corrected chi connectivity index (χ3v) is 6.94. The number of sulfonamides is 1. The van der Waals surface area contributed by atoms with Crippen LogP contribution in [0.15, 0.2) is 83.0 Å². The van der Waals surface area contributed by atoms with E-state index in [0.29, 0.717) is 12.8 Å². The third-order valence-electron chi connectivity index (χ3n) is 5.71. The van der Waals surface area contributed by atoms with Crippen LogP contribution < -0.4 is 4.83 Å². The standard InChI is InChI=1S/C26H26N2O2S/c1-3-4-5-13-25(27-28-31(29,30)22-16-14-19(2)15-17-22)26-23-11-7-6-9-20(23)18-21-10-8-12-24(21)26/h4,6-7,9,11,14-18,28H,1,5,8,10,12-13H2,2H3/b27-25-. The van der Waals surface area contributed by atoms with Gasteiger partial charge in [-0.2, -0.15) is 18.4 Å². The summed E-state index contributed by atoms with van der Waals surface area (Å²) < 4.78 is 25.7. The van der Waals surface area contributed by atoms with Crippen molar-refractivity contribution in [3.05, 3.63) is 95.2 Å². The van der Waals surface area contributed by atoms with Crippen LogP contribution in [0.1, 0.15) is 41.5 Å². The first-order chi connectivity index (χ1) is 15.0. The zero-order valence-electron chi connectivity index (χ0n) is 17.7. The lowest BCUT2D eigenvalue weighted by Crippen LogP contribution is -2.21. The van der Waals surface area contributed by atoms with E-state index in [4.69, 9.17) is 0 Å². The highest BCUT2D eigenvalue weighted by Crippen LogP contribution is 2.33. The number of hydrazone groups is 1. The van der Waals surface area contributed by atoms with Crippen molar-refractivity contribution in [2.45, 2.75) is 43.9 Å². The zero-order chi connectivity index (χ0) is 21.8. The second kappa shape index (κ2) is 8.93. The van der Waals surface area contributed by atoms with Crippen molar-refractivity contribution in [1.82, 2.24) is 4.83 Å². The van der Waals surface area contributed by atoms with Gasteiger partial charge in [0.05, 0.1) is 10.6 Å². The largest absolute Gasteiger partial charge is 0.276 e. The van der Waals surface area contributed by atoms with Crippen LogP contribution in [0.2, 0.25) is 0 Å². The minimum Gasteiger partial charge on any atom is -0.200 e. The molecule has 0 spiro atoms. The first kappa shape index (κ1) is 21.1. The summed E-state index contributed by atoms with van der Waals surface area (Å²) in [5, 5.41) is 6.74. The Morgan fingerprint density at radius 3 is 2.71 bits per heavy atom. The van der Waals surface area contributed by atoms with E-state index in [2.05, 4.69) is 40.4 Å². The lowest BCUT2D eigenvalue weighted by molar-refractivity contribution is 0.584. The summed E-state index contributed by atoms with van der Waals surface area (Å²) in [6.07, 6.45) is 6.27. The molecule has 0 fully saturated rings. The van der Waals surface area contributed by atoms with Gasteiger partial charge in [-0.05, 0) is 79.1 Å². The highest BCUT2D eigenvalue weighted by molar-refractivity contribution is 7.89. The predicted octanol–water partition coefficient (Wildman–Crippen LogP) is 5.44. The lowest BCUT2D eigenvalue weighted by Gasteiger charge is -2.16. The number of hydrogen-bond acceptors (Lipinski definition) is 3. The average Bonchev–Trinajstić information content (AvgIpc) is 3.23. The second-order valence-corrected chi connectivity index (χ2v) is 9.54. The Kier molecular flexibility index (Phi) is 6.08. The summed E-state index contributed by atoms with van der Waals surface area (Å²) in [5.41, 5.74) is 8.24. The summed E-state index contributed by atoms with van der Waals surface area (Å²) in [6.45, 7) is 5.56. The normalized spacial score (nSPS) is 13.6. The molecule has 0 amide bonds. The van der Waals surface area contributed by atoms with Gasteiger partial charge in [-0.3, -0.25) is 0 Å². The number of fused-ring (bicyclic) bond motifs is 2. The summed E-state index contributed by atoms with van der Waals surface area (Å²) in [7, 11) is -3.75. The van der Waals surface area contributed by atoms with E-state index in [1.165, 1.54) is 11.1 Å². The number of nitrogens with zero attached hydrogens (tertiary/aromatic N) is 1. The number of rotatable bonds is 7. The van der Waals surface area contributed by atoms with Crippen molar-refractivity contribution in [3.8, 4) is 0 Å². The SMILES string of the molecule is C=C=CCC/C(=N/NS(=O)(=O)c1ccc(C)cc1)c1c2c(cc3ccccc13)CCC2. The fourth-order valence-corrected chi connectivity index (χ4v) is 5.01. The Morgan fingerprint density at radius 2 is 1.94 bits per heavy atom. The molecule has 1 aliphatic carbocycles. The molecule has 0 unspecified atom stereocenters. The molecule has 0 bridgehead atoms. The van der Waals surface area contributed by atoms with Gasteiger partial charge >= 0.3 is 0 Å². The smallest absolute Gasteiger partial charge is 0.200 e. The van der Waals surface area contributed by atoms with Crippen molar-refractivity contribution in [2.75, 3.05) is 0 Å². The molecule has 0 heterocycles. The van der Waals surface area contributed by atoms with Crippen LogP contribution in [0.25, 0.3) is 10.8 Å². The highest BCUT2D eigenvalue weighted by Gasteiger charge is 2.22. The first-order valence-corrected chi connectivity index (χ1v) is 12.0. The van der Waals surface area contributed by atoms with E-state index in [-0.39, 0.29) is 4.90 Å². The Balaban J connectivity index is 1.81. The maximum Gasteiger partial charge on any atom is 0.276 e. The van der Waals surface area contributed by atoms with Crippen molar-refractivity contribution in [3.63, 3.8) is 0 Å². The van der Waals surface area contributed by atoms with Crippen LogP contribution in [0, 0.1) is 6.92 Å². The Morgan fingerprint density at radius 1 is 1.16 bits per heavy atom. The molecule has 0 atom stereocenters. The monoisotopic (exact) mass is 430 g/mol. The van der Waals surface area contributed by atoms with Crippen LogP contribution in [-0.2, 0) is 22.9 Å². The quantitative estimate of drug-likeness (QED) is 0.308. The molecule has 0 aromatic heterocycles. The predicted molar refractivity (Wildman–Crippen MR) is 127 cm³/mol. The number of nitrogens with one attached hydrogen (secondary N) is 1. The number of aryl methyl sites for hydroxylation is 2. The number of hydrogen-bond donors (Lipinski definition) is 1. The van der Waals surface area contributed by atoms with Crippen LogP contribution in [0.3, 0.4) is 0 Å². The molecule has 0 radical (unpaired) electrons. The summed E-state index contributed by atoms with van der Waals surface area (Å²) in [4.78, 5) is 2.69. The molecule has 3 aromatic rings. The maximum absolute atomic E-state index is 12.9. The Bertz CT molecular complexity index is 1300. The molecule has 0 saturated carbocycles. The second-order valence-electron chi connectivity index (χ2n) is 7.88.